The molecule has 3 heteroatoms. The van der Waals surface area contributed by atoms with E-state index in [1.54, 1.807) is 0 Å². The Morgan fingerprint density at radius 1 is 1.62 bits per heavy atom. The first-order valence-corrected chi connectivity index (χ1v) is 4.49. The van der Waals surface area contributed by atoms with E-state index >= 15 is 0 Å². The summed E-state index contributed by atoms with van der Waals surface area (Å²) in [7, 11) is 1.91. The molecule has 0 aromatic rings. The Balaban J connectivity index is 2.82. The van der Waals surface area contributed by atoms with Gasteiger partial charge in [-0.05, 0) is 13.8 Å². The van der Waals surface area contributed by atoms with Crippen molar-refractivity contribution in [2.24, 2.45) is 0 Å². The molecule has 0 aliphatic carbocycles. The third kappa shape index (κ3) is 1.79. The Hall–Kier alpha value is -1.12. The summed E-state index contributed by atoms with van der Waals surface area (Å²) in [6, 6.07) is -0.208. The van der Waals surface area contributed by atoms with Crippen molar-refractivity contribution < 1.29 is 14.1 Å². The summed E-state index contributed by atoms with van der Waals surface area (Å²) in [5.41, 5.74) is 2.16. The van der Waals surface area contributed by atoms with Crippen LogP contribution in [0.1, 0.15) is 20.8 Å². The van der Waals surface area contributed by atoms with Crippen molar-refractivity contribution in [3.05, 3.63) is 11.6 Å². The van der Waals surface area contributed by atoms with E-state index in [-0.39, 0.29) is 12.0 Å². The van der Waals surface area contributed by atoms with Gasteiger partial charge in [-0.25, -0.2) is 9.37 Å². The van der Waals surface area contributed by atoms with E-state index in [9.17, 15) is 4.79 Å². The van der Waals surface area contributed by atoms with Crippen LogP contribution < -0.4 is 0 Å². The van der Waals surface area contributed by atoms with Crippen molar-refractivity contribution in [1.29, 1.82) is 0 Å². The van der Waals surface area contributed by atoms with Crippen molar-refractivity contribution in [3.8, 4) is 0 Å². The fourth-order valence-electron chi connectivity index (χ4n) is 1.58. The van der Waals surface area contributed by atoms with Gasteiger partial charge in [-0.3, -0.25) is 0 Å². The van der Waals surface area contributed by atoms with Crippen LogP contribution in [0.25, 0.3) is 0 Å². The number of hydrogen-bond donors (Lipinski definition) is 0. The highest BCUT2D eigenvalue weighted by Crippen LogP contribution is 2.14. The maximum Gasteiger partial charge on any atom is 0.380 e. The Bertz CT molecular complexity index is 289. The molecule has 1 rings (SSSR count). The van der Waals surface area contributed by atoms with Crippen molar-refractivity contribution in [2.45, 2.75) is 26.8 Å². The molecule has 1 heterocycles. The van der Waals surface area contributed by atoms with E-state index in [1.807, 2.05) is 38.5 Å². The molecule has 0 N–H and O–H groups in total. The minimum atomic E-state index is -0.208. The van der Waals surface area contributed by atoms with E-state index in [2.05, 4.69) is 0 Å². The van der Waals surface area contributed by atoms with Crippen LogP contribution in [0, 0.1) is 0 Å². The van der Waals surface area contributed by atoms with Gasteiger partial charge in [-0.2, -0.15) is 0 Å². The number of allylic oxidation sites excluding steroid dienone is 1. The second-order valence-electron chi connectivity index (χ2n) is 3.30. The molecule has 13 heavy (non-hydrogen) atoms. The van der Waals surface area contributed by atoms with Gasteiger partial charge in [0.2, 0.25) is 0 Å². The first-order chi connectivity index (χ1) is 6.07. The molecule has 0 saturated heterocycles. The second-order valence-corrected chi connectivity index (χ2v) is 3.30. The third-order valence-electron chi connectivity index (χ3n) is 2.32. The third-order valence-corrected chi connectivity index (χ3v) is 2.32. The van der Waals surface area contributed by atoms with Gasteiger partial charge in [0.15, 0.2) is 5.71 Å². The normalized spacial score (nSPS) is 21.8. The number of carbonyl (C=O) groups is 1. The summed E-state index contributed by atoms with van der Waals surface area (Å²) < 4.78 is 6.92. The molecule has 1 unspecified atom stereocenters. The average Bonchev–Trinajstić information content (AvgIpc) is 2.27. The minimum absolute atomic E-state index is 0.157. The molecule has 0 amide bonds. The Morgan fingerprint density at radius 3 is 2.62 bits per heavy atom. The van der Waals surface area contributed by atoms with Gasteiger partial charge < -0.3 is 4.74 Å². The minimum Gasteiger partial charge on any atom is -0.461 e. The molecule has 0 radical (unpaired) electrons. The molecule has 0 aromatic heterocycles. The number of nitrogens with zero attached hydrogens (tertiary/aromatic N) is 1. The lowest BCUT2D eigenvalue weighted by atomic mass is 10.1. The van der Waals surface area contributed by atoms with E-state index in [0.717, 1.165) is 11.3 Å². The quantitative estimate of drug-likeness (QED) is 0.470. The zero-order chi connectivity index (χ0) is 10.0. The van der Waals surface area contributed by atoms with Crippen LogP contribution in [0.2, 0.25) is 0 Å². The molecule has 1 aliphatic rings. The molecule has 0 spiro atoms. The average molecular weight is 182 g/mol. The molecule has 72 valence electrons. The zero-order valence-electron chi connectivity index (χ0n) is 8.63. The lowest BCUT2D eigenvalue weighted by Gasteiger charge is -2.08. The van der Waals surface area contributed by atoms with E-state index < -0.39 is 0 Å². The number of likely N-dealkylation sites (N-methyl/N-ethyl adjacent to an activating group) is 1. The number of esters is 1. The van der Waals surface area contributed by atoms with Gasteiger partial charge in [0.1, 0.15) is 7.05 Å². The van der Waals surface area contributed by atoms with E-state index in [1.165, 1.54) is 0 Å². The topological polar surface area (TPSA) is 29.3 Å². The van der Waals surface area contributed by atoms with Crippen molar-refractivity contribution in [1.82, 2.24) is 0 Å². The van der Waals surface area contributed by atoms with Gasteiger partial charge in [-0.15, -0.1) is 0 Å². The van der Waals surface area contributed by atoms with Gasteiger partial charge in [0, 0.05) is 18.6 Å². The van der Waals surface area contributed by atoms with Gasteiger partial charge >= 0.3 is 5.97 Å². The van der Waals surface area contributed by atoms with E-state index in [0.29, 0.717) is 6.61 Å². The van der Waals surface area contributed by atoms with Gasteiger partial charge in [-0.1, -0.05) is 0 Å². The van der Waals surface area contributed by atoms with Crippen LogP contribution in [-0.4, -0.2) is 36.0 Å². The van der Waals surface area contributed by atoms with Crippen LogP contribution in [-0.2, 0) is 9.53 Å². The van der Waals surface area contributed by atoms with Crippen molar-refractivity contribution in [2.75, 3.05) is 13.7 Å². The zero-order valence-corrected chi connectivity index (χ0v) is 8.63. The van der Waals surface area contributed by atoms with Crippen molar-refractivity contribution >= 4 is 11.7 Å². The summed E-state index contributed by atoms with van der Waals surface area (Å²) >= 11 is 0. The van der Waals surface area contributed by atoms with Crippen LogP contribution in [0.3, 0.4) is 0 Å². The number of carbonyl (C=O) groups excluding carboxylic acids is 1. The van der Waals surface area contributed by atoms with Crippen LogP contribution in [0.4, 0.5) is 0 Å². The molecular formula is C10H16NO2+. The smallest absolute Gasteiger partial charge is 0.380 e. The second kappa shape index (κ2) is 3.73. The van der Waals surface area contributed by atoms with Gasteiger partial charge in [0.05, 0.1) is 6.61 Å². The highest BCUT2D eigenvalue weighted by Gasteiger charge is 2.35. The maximum atomic E-state index is 11.5. The Morgan fingerprint density at radius 2 is 2.23 bits per heavy atom. The molecule has 0 bridgehead atoms. The highest BCUT2D eigenvalue weighted by molar-refractivity contribution is 5.94. The monoisotopic (exact) mass is 182 g/mol. The van der Waals surface area contributed by atoms with Crippen LogP contribution in [0.15, 0.2) is 11.6 Å². The Kier molecular flexibility index (Phi) is 2.86. The summed E-state index contributed by atoms with van der Waals surface area (Å²) in [4.78, 5) is 11.5. The predicted octanol–water partition coefficient (Wildman–Crippen LogP) is 0.981. The molecule has 0 aromatic carbocycles. The number of ether oxygens (including phenoxy) is 1. The van der Waals surface area contributed by atoms with E-state index in [4.69, 9.17) is 4.74 Å². The lowest BCUT2D eigenvalue weighted by Crippen LogP contribution is -2.33. The standard InChI is InChI=1S/C10H16NO2/c1-5-13-10(12)9-7(2)6-8(3)11(9)4/h6,9H,5H2,1-4H3/q+1. The fraction of sp³-hybridized carbons (Fsp3) is 0.600. The molecule has 1 atom stereocenters. The predicted molar refractivity (Wildman–Crippen MR) is 51.0 cm³/mol. The molecule has 0 fully saturated rings. The molecule has 1 aliphatic heterocycles. The van der Waals surface area contributed by atoms with Crippen LogP contribution in [0.5, 0.6) is 0 Å². The summed E-state index contributed by atoms with van der Waals surface area (Å²) in [6.45, 7) is 6.20. The fourth-order valence-corrected chi connectivity index (χ4v) is 1.58. The summed E-state index contributed by atoms with van der Waals surface area (Å²) in [6.07, 6.45) is 2.02. The first-order valence-electron chi connectivity index (χ1n) is 4.49. The number of hydrogen-bond acceptors (Lipinski definition) is 2. The molecular weight excluding hydrogens is 166 g/mol. The summed E-state index contributed by atoms with van der Waals surface area (Å²) in [5.74, 6) is -0.157. The summed E-state index contributed by atoms with van der Waals surface area (Å²) in [5, 5.41) is 0. The first kappa shape index (κ1) is 9.96. The largest absolute Gasteiger partial charge is 0.461 e. The molecule has 3 nitrogen and oxygen atoms in total. The Labute approximate surface area is 78.7 Å². The van der Waals surface area contributed by atoms with Gasteiger partial charge in [0.25, 0.3) is 6.04 Å². The van der Waals surface area contributed by atoms with Crippen LogP contribution >= 0.6 is 0 Å². The lowest BCUT2D eigenvalue weighted by molar-refractivity contribution is -0.512. The highest BCUT2D eigenvalue weighted by atomic mass is 16.5. The number of rotatable bonds is 2. The molecule has 0 saturated carbocycles. The maximum absolute atomic E-state index is 11.5. The SMILES string of the molecule is CCOC(=O)C1C(C)=CC(C)=[N+]1C. The van der Waals surface area contributed by atoms with Crippen molar-refractivity contribution in [3.63, 3.8) is 0 Å².